The van der Waals surface area contributed by atoms with Gasteiger partial charge in [0.2, 0.25) is 0 Å². The van der Waals surface area contributed by atoms with E-state index in [0.29, 0.717) is 10.8 Å². The Labute approximate surface area is 211 Å². The highest BCUT2D eigenvalue weighted by molar-refractivity contribution is 6.94. The molecule has 5 aromatic rings. The van der Waals surface area contributed by atoms with Gasteiger partial charge >= 0.3 is 6.55 Å². The first-order chi connectivity index (χ1) is 18.5. The van der Waals surface area contributed by atoms with Gasteiger partial charge in [0.15, 0.2) is 34.9 Å². The van der Waals surface area contributed by atoms with Crippen LogP contribution < -0.4 is 20.2 Å². The van der Waals surface area contributed by atoms with Crippen molar-refractivity contribution in [1.29, 1.82) is 0 Å². The van der Waals surface area contributed by atoms with Crippen LogP contribution in [0.3, 0.4) is 0 Å². The Morgan fingerprint density at radius 3 is 0.923 bits per heavy atom. The van der Waals surface area contributed by atoms with Gasteiger partial charge in [-0.05, 0) is 21.7 Å². The van der Waals surface area contributed by atoms with Crippen molar-refractivity contribution in [1.82, 2.24) is 0 Å². The summed E-state index contributed by atoms with van der Waals surface area (Å²) in [7, 11) is 0. The Morgan fingerprint density at radius 2 is 0.615 bits per heavy atom. The summed E-state index contributed by atoms with van der Waals surface area (Å²) in [5, 5.41) is 0.971. The largest absolute Gasteiger partial charge is 0.673 e. The first-order valence-corrected chi connectivity index (χ1v) is 11.0. The first kappa shape index (κ1) is 24.9. The molecule has 0 fully saturated rings. The molecule has 2 nitrogen and oxygen atoms in total. The zero-order chi connectivity index (χ0) is 28.0. The molecule has 0 amide bonds. The average molecular weight is 553 g/mol. The minimum absolute atomic E-state index is 0.0858. The Hall–Kier alpha value is -4.42. The molecular weight excluding hydrogens is 545 g/mol. The van der Waals surface area contributed by atoms with Crippen LogP contribution in [0.2, 0.25) is 0 Å². The number of benzene rings is 5. The van der Waals surface area contributed by atoms with Gasteiger partial charge < -0.3 is 9.31 Å². The molecule has 198 valence electrons. The summed E-state index contributed by atoms with van der Waals surface area (Å²) in [4.78, 5) is 0. The molecule has 6 rings (SSSR count). The fourth-order valence-electron chi connectivity index (χ4n) is 4.96. The van der Waals surface area contributed by atoms with E-state index in [2.05, 4.69) is 0 Å². The standard InChI is InChI=1S/C26H8BF10O2/c28-15-13(16(29)20(33)23(36)19(15)32)27(14-17(30)21(34)24(37)22(35)18(14)31)38-25-11-7-3-1-5-9(11)10-6-2-4-8-12(10)26(25)39-27/h1-8H/q-1. The van der Waals surface area contributed by atoms with Crippen molar-refractivity contribution >= 4 is 39.0 Å². The molecular formula is C26H8BF10O2-. The molecule has 0 atom stereocenters. The molecule has 0 unspecified atom stereocenters. The lowest BCUT2D eigenvalue weighted by Crippen LogP contribution is -2.70. The number of halogens is 10. The maximum atomic E-state index is 15.2. The second kappa shape index (κ2) is 8.29. The number of hydrogen-bond donors (Lipinski definition) is 0. The molecule has 1 aliphatic heterocycles. The summed E-state index contributed by atoms with van der Waals surface area (Å²) in [6, 6.07) is 12.0. The zero-order valence-corrected chi connectivity index (χ0v) is 18.8. The van der Waals surface area contributed by atoms with Crippen LogP contribution in [0.1, 0.15) is 0 Å². The summed E-state index contributed by atoms with van der Waals surface area (Å²) in [5.41, 5.74) is -4.14. The molecule has 39 heavy (non-hydrogen) atoms. The minimum atomic E-state index is -4.88. The summed E-state index contributed by atoms with van der Waals surface area (Å²) in [5.74, 6) is -27.1. The van der Waals surface area contributed by atoms with Crippen LogP contribution in [0, 0.1) is 58.2 Å². The normalized spacial score (nSPS) is 14.0. The maximum absolute atomic E-state index is 15.2. The fraction of sp³-hybridized carbons (Fsp3) is 0. The molecule has 0 saturated heterocycles. The lowest BCUT2D eigenvalue weighted by Gasteiger charge is -2.38. The van der Waals surface area contributed by atoms with Crippen molar-refractivity contribution in [3.63, 3.8) is 0 Å². The third-order valence-electron chi connectivity index (χ3n) is 6.66. The number of hydrogen-bond acceptors (Lipinski definition) is 2. The van der Waals surface area contributed by atoms with Crippen LogP contribution in [0.15, 0.2) is 48.5 Å². The third kappa shape index (κ3) is 3.12. The fourth-order valence-corrected chi connectivity index (χ4v) is 4.96. The van der Waals surface area contributed by atoms with E-state index >= 15 is 17.6 Å². The Kier molecular flexibility index (Phi) is 5.29. The summed E-state index contributed by atoms with van der Waals surface area (Å²) < 4.78 is 157. The molecule has 1 heterocycles. The first-order valence-electron chi connectivity index (χ1n) is 11.0. The summed E-state index contributed by atoms with van der Waals surface area (Å²) in [6.07, 6.45) is 0. The SMILES string of the molecule is Fc1c(F)c(F)c([B-]2(c3c(F)c(F)c(F)c(F)c3F)Oc3c(c4ccccc4c4ccccc34)O2)c(F)c1F. The Bertz CT molecular complexity index is 1700. The molecule has 0 bridgehead atoms. The molecule has 0 spiro atoms. The maximum Gasteiger partial charge on any atom is 0.418 e. The molecule has 1 aliphatic rings. The number of rotatable bonds is 2. The third-order valence-corrected chi connectivity index (χ3v) is 6.66. The monoisotopic (exact) mass is 553 g/mol. The van der Waals surface area contributed by atoms with Gasteiger partial charge in [-0.2, -0.15) is 0 Å². The molecule has 0 N–H and O–H groups in total. The van der Waals surface area contributed by atoms with Gasteiger partial charge in [0, 0.05) is 10.8 Å². The van der Waals surface area contributed by atoms with Crippen molar-refractivity contribution in [2.75, 3.05) is 0 Å². The molecule has 5 aromatic carbocycles. The van der Waals surface area contributed by atoms with Crippen LogP contribution in [0.4, 0.5) is 43.9 Å². The van der Waals surface area contributed by atoms with E-state index in [0.717, 1.165) is 0 Å². The topological polar surface area (TPSA) is 18.5 Å². The van der Waals surface area contributed by atoms with Crippen LogP contribution in [-0.2, 0) is 0 Å². The van der Waals surface area contributed by atoms with Gasteiger partial charge in [-0.3, -0.25) is 0 Å². The lowest BCUT2D eigenvalue weighted by molar-refractivity contribution is 0.372. The minimum Gasteiger partial charge on any atom is -0.673 e. The van der Waals surface area contributed by atoms with Crippen LogP contribution in [0.5, 0.6) is 11.5 Å². The van der Waals surface area contributed by atoms with Gasteiger partial charge in [-0.1, -0.05) is 48.5 Å². The van der Waals surface area contributed by atoms with E-state index in [1.165, 1.54) is 24.3 Å². The number of fused-ring (bicyclic) bond motifs is 6. The Balaban J connectivity index is 1.82. The smallest absolute Gasteiger partial charge is 0.418 e. The van der Waals surface area contributed by atoms with Crippen molar-refractivity contribution in [2.24, 2.45) is 0 Å². The quantitative estimate of drug-likeness (QED) is 0.0828. The van der Waals surface area contributed by atoms with Crippen LogP contribution >= 0.6 is 0 Å². The van der Waals surface area contributed by atoms with Gasteiger partial charge in [0.1, 0.15) is 34.8 Å². The van der Waals surface area contributed by atoms with E-state index in [1.54, 1.807) is 24.3 Å². The van der Waals surface area contributed by atoms with Gasteiger partial charge in [-0.25, -0.2) is 43.9 Å². The highest BCUT2D eigenvalue weighted by Crippen LogP contribution is 2.49. The molecule has 0 radical (unpaired) electrons. The average Bonchev–Trinajstić information content (AvgIpc) is 3.34. The molecule has 0 aliphatic carbocycles. The zero-order valence-electron chi connectivity index (χ0n) is 18.8. The van der Waals surface area contributed by atoms with Crippen LogP contribution in [0.25, 0.3) is 21.5 Å². The highest BCUT2D eigenvalue weighted by Gasteiger charge is 2.52. The van der Waals surface area contributed by atoms with Gasteiger partial charge in [-0.15, -0.1) is 0 Å². The lowest BCUT2D eigenvalue weighted by atomic mass is 9.45. The van der Waals surface area contributed by atoms with Gasteiger partial charge in [0.05, 0.1) is 0 Å². The summed E-state index contributed by atoms with van der Waals surface area (Å²) in [6.45, 7) is -4.88. The molecule has 0 aromatic heterocycles. The summed E-state index contributed by atoms with van der Waals surface area (Å²) >= 11 is 0. The van der Waals surface area contributed by atoms with E-state index in [9.17, 15) is 26.3 Å². The predicted octanol–water partition coefficient (Wildman–Crippen LogP) is 6.41. The van der Waals surface area contributed by atoms with Crippen molar-refractivity contribution in [3.05, 3.63) is 107 Å². The highest BCUT2D eigenvalue weighted by atomic mass is 19.2. The van der Waals surface area contributed by atoms with Gasteiger partial charge in [0.25, 0.3) is 0 Å². The van der Waals surface area contributed by atoms with E-state index in [1.807, 2.05) is 0 Å². The second-order valence-electron chi connectivity index (χ2n) is 8.66. The van der Waals surface area contributed by atoms with E-state index in [-0.39, 0.29) is 10.8 Å². The molecule has 13 heteroatoms. The predicted molar refractivity (Wildman–Crippen MR) is 120 cm³/mol. The van der Waals surface area contributed by atoms with Crippen molar-refractivity contribution in [2.45, 2.75) is 0 Å². The second-order valence-corrected chi connectivity index (χ2v) is 8.66. The van der Waals surface area contributed by atoms with Crippen molar-refractivity contribution in [3.8, 4) is 11.5 Å². The molecule has 0 saturated carbocycles. The Morgan fingerprint density at radius 1 is 0.359 bits per heavy atom. The van der Waals surface area contributed by atoms with E-state index in [4.69, 9.17) is 9.31 Å². The van der Waals surface area contributed by atoms with E-state index < -0.39 is 87.1 Å². The van der Waals surface area contributed by atoms with Crippen LogP contribution in [-0.4, -0.2) is 6.55 Å². The van der Waals surface area contributed by atoms with Crippen molar-refractivity contribution < 1.29 is 53.2 Å².